The minimum Gasteiger partial charge on any atom is -0.453 e. The molecule has 1 rings (SSSR count). The van der Waals surface area contributed by atoms with Crippen LogP contribution in [0.1, 0.15) is 13.8 Å². The van der Waals surface area contributed by atoms with Crippen LogP contribution in [0.2, 0.25) is 0 Å². The highest BCUT2D eigenvalue weighted by Crippen LogP contribution is 2.04. The molecule has 0 aromatic rings. The molecule has 0 saturated carbocycles. The van der Waals surface area contributed by atoms with Crippen LogP contribution in [0, 0.1) is 0 Å². The first-order valence-electron chi connectivity index (χ1n) is 6.45. The van der Waals surface area contributed by atoms with Crippen molar-refractivity contribution in [1.29, 1.82) is 0 Å². The summed E-state index contributed by atoms with van der Waals surface area (Å²) in [5.41, 5.74) is 0. The Morgan fingerprint density at radius 1 is 1.11 bits per heavy atom. The summed E-state index contributed by atoms with van der Waals surface area (Å²) in [6.07, 6.45) is -0.287. The molecule has 0 aliphatic carbocycles. The molecule has 6 heteroatoms. The fourth-order valence-corrected chi connectivity index (χ4v) is 2.09. The lowest BCUT2D eigenvalue weighted by molar-refractivity contribution is -0.132. The van der Waals surface area contributed by atoms with Crippen molar-refractivity contribution in [3.63, 3.8) is 0 Å². The zero-order chi connectivity index (χ0) is 13.5. The first-order valence-corrected chi connectivity index (χ1v) is 6.45. The summed E-state index contributed by atoms with van der Waals surface area (Å²) < 4.78 is 4.67. The first-order chi connectivity index (χ1) is 8.62. The van der Waals surface area contributed by atoms with Crippen LogP contribution in [0.5, 0.6) is 0 Å². The summed E-state index contributed by atoms with van der Waals surface area (Å²) in [5.74, 6) is 0.159. The number of nitrogens with zero attached hydrogens (tertiary/aromatic N) is 3. The maximum absolute atomic E-state index is 11.9. The quantitative estimate of drug-likeness (QED) is 0.724. The molecule has 1 heterocycles. The van der Waals surface area contributed by atoms with E-state index in [1.54, 1.807) is 4.90 Å². The van der Waals surface area contributed by atoms with Gasteiger partial charge in [0.15, 0.2) is 0 Å². The Bertz CT molecular complexity index is 284. The van der Waals surface area contributed by atoms with E-state index < -0.39 is 0 Å². The summed E-state index contributed by atoms with van der Waals surface area (Å²) >= 11 is 0. The predicted octanol–water partition coefficient (Wildman–Crippen LogP) is 0.239. The van der Waals surface area contributed by atoms with E-state index in [-0.39, 0.29) is 12.0 Å². The molecule has 0 radical (unpaired) electrons. The Morgan fingerprint density at radius 2 is 1.67 bits per heavy atom. The molecule has 104 valence electrons. The van der Waals surface area contributed by atoms with Gasteiger partial charge in [0.1, 0.15) is 0 Å². The van der Waals surface area contributed by atoms with Crippen molar-refractivity contribution in [1.82, 2.24) is 14.7 Å². The van der Waals surface area contributed by atoms with Gasteiger partial charge in [0.2, 0.25) is 5.91 Å². The number of carbonyl (C=O) groups is 2. The van der Waals surface area contributed by atoms with Gasteiger partial charge >= 0.3 is 6.09 Å². The molecular weight excluding hydrogens is 234 g/mol. The van der Waals surface area contributed by atoms with Crippen LogP contribution in [0.15, 0.2) is 0 Å². The van der Waals surface area contributed by atoms with Crippen molar-refractivity contribution >= 4 is 12.0 Å². The number of rotatable bonds is 4. The maximum Gasteiger partial charge on any atom is 0.409 e. The maximum atomic E-state index is 11.9. The Hall–Kier alpha value is -1.30. The van der Waals surface area contributed by atoms with Crippen LogP contribution >= 0.6 is 0 Å². The van der Waals surface area contributed by atoms with E-state index in [1.165, 1.54) is 7.11 Å². The summed E-state index contributed by atoms with van der Waals surface area (Å²) in [7, 11) is 1.39. The van der Waals surface area contributed by atoms with E-state index in [0.717, 1.165) is 26.2 Å². The lowest BCUT2D eigenvalue weighted by Crippen LogP contribution is -2.51. The van der Waals surface area contributed by atoms with Gasteiger partial charge in [-0.15, -0.1) is 0 Å². The second-order valence-corrected chi connectivity index (χ2v) is 4.30. The number of piperazine rings is 1. The molecular formula is C12H23N3O3. The van der Waals surface area contributed by atoms with Gasteiger partial charge in [-0.25, -0.2) is 4.79 Å². The highest BCUT2D eigenvalue weighted by Gasteiger charge is 2.23. The highest BCUT2D eigenvalue weighted by molar-refractivity contribution is 5.78. The highest BCUT2D eigenvalue weighted by atomic mass is 16.5. The van der Waals surface area contributed by atoms with Gasteiger partial charge in [-0.3, -0.25) is 9.69 Å². The van der Waals surface area contributed by atoms with Crippen LogP contribution in [-0.2, 0) is 9.53 Å². The summed E-state index contributed by atoms with van der Waals surface area (Å²) in [6.45, 7) is 8.60. The van der Waals surface area contributed by atoms with Crippen molar-refractivity contribution in [3.8, 4) is 0 Å². The number of amides is 2. The van der Waals surface area contributed by atoms with Crippen LogP contribution in [0.25, 0.3) is 0 Å². The van der Waals surface area contributed by atoms with Gasteiger partial charge in [0.25, 0.3) is 0 Å². The number of hydrogen-bond acceptors (Lipinski definition) is 4. The first kappa shape index (κ1) is 14.8. The van der Waals surface area contributed by atoms with Gasteiger partial charge in [-0.1, -0.05) is 0 Å². The molecule has 0 atom stereocenters. The minimum atomic E-state index is -0.287. The largest absolute Gasteiger partial charge is 0.453 e. The van der Waals surface area contributed by atoms with Crippen LogP contribution in [0.4, 0.5) is 4.79 Å². The van der Waals surface area contributed by atoms with Crippen LogP contribution in [-0.4, -0.2) is 79.6 Å². The van der Waals surface area contributed by atoms with Crippen molar-refractivity contribution in [2.45, 2.75) is 13.8 Å². The summed E-state index contributed by atoms with van der Waals surface area (Å²) in [5, 5.41) is 0. The van der Waals surface area contributed by atoms with Crippen molar-refractivity contribution in [2.24, 2.45) is 0 Å². The third kappa shape index (κ3) is 3.87. The topological polar surface area (TPSA) is 53.1 Å². The van der Waals surface area contributed by atoms with Gasteiger partial charge < -0.3 is 14.5 Å². The molecule has 1 fully saturated rings. The normalized spacial score (nSPS) is 16.5. The summed E-state index contributed by atoms with van der Waals surface area (Å²) in [6, 6.07) is 0. The molecule has 0 unspecified atom stereocenters. The van der Waals surface area contributed by atoms with Crippen LogP contribution in [0.3, 0.4) is 0 Å². The fourth-order valence-electron chi connectivity index (χ4n) is 2.09. The SMILES string of the molecule is CCN(CC)C(=O)CN1CCN(C(=O)OC)CC1. The van der Waals surface area contributed by atoms with Gasteiger partial charge in [0, 0.05) is 39.3 Å². The van der Waals surface area contributed by atoms with Gasteiger partial charge in [-0.2, -0.15) is 0 Å². The molecule has 1 aliphatic rings. The van der Waals surface area contributed by atoms with E-state index in [4.69, 9.17) is 0 Å². The van der Waals surface area contributed by atoms with Crippen molar-refractivity contribution in [3.05, 3.63) is 0 Å². The second-order valence-electron chi connectivity index (χ2n) is 4.30. The summed E-state index contributed by atoms with van der Waals surface area (Å²) in [4.78, 5) is 28.8. The number of hydrogen-bond donors (Lipinski definition) is 0. The van der Waals surface area contributed by atoms with Gasteiger partial charge in [0.05, 0.1) is 13.7 Å². The van der Waals surface area contributed by atoms with Gasteiger partial charge in [-0.05, 0) is 13.8 Å². The number of carbonyl (C=O) groups excluding carboxylic acids is 2. The fraction of sp³-hybridized carbons (Fsp3) is 0.833. The number of methoxy groups -OCH3 is 1. The smallest absolute Gasteiger partial charge is 0.409 e. The zero-order valence-electron chi connectivity index (χ0n) is 11.5. The minimum absolute atomic E-state index is 0.159. The van der Waals surface area contributed by atoms with E-state index >= 15 is 0 Å². The Morgan fingerprint density at radius 3 is 2.11 bits per heavy atom. The standard InChI is InChI=1S/C12H23N3O3/c1-4-14(5-2)11(16)10-13-6-8-15(9-7-13)12(17)18-3/h4-10H2,1-3H3. The zero-order valence-corrected chi connectivity index (χ0v) is 11.5. The Labute approximate surface area is 108 Å². The molecule has 0 aromatic carbocycles. The second kappa shape index (κ2) is 7.20. The Balaban J connectivity index is 2.35. The molecule has 0 aromatic heterocycles. The van der Waals surface area contributed by atoms with E-state index in [9.17, 15) is 9.59 Å². The average molecular weight is 257 g/mol. The molecule has 1 aliphatic heterocycles. The number of ether oxygens (including phenoxy) is 1. The molecule has 0 bridgehead atoms. The molecule has 18 heavy (non-hydrogen) atoms. The lowest BCUT2D eigenvalue weighted by atomic mass is 10.3. The molecule has 1 saturated heterocycles. The third-order valence-corrected chi connectivity index (χ3v) is 3.28. The number of likely N-dealkylation sites (N-methyl/N-ethyl adjacent to an activating group) is 1. The van der Waals surface area contributed by atoms with Crippen LogP contribution < -0.4 is 0 Å². The lowest BCUT2D eigenvalue weighted by Gasteiger charge is -2.34. The Kier molecular flexibility index (Phi) is 5.91. The molecule has 2 amide bonds. The molecule has 0 N–H and O–H groups in total. The third-order valence-electron chi connectivity index (χ3n) is 3.28. The average Bonchev–Trinajstić information content (AvgIpc) is 2.40. The van der Waals surface area contributed by atoms with E-state index in [1.807, 2.05) is 18.7 Å². The van der Waals surface area contributed by atoms with E-state index in [0.29, 0.717) is 19.6 Å². The molecule has 6 nitrogen and oxygen atoms in total. The monoisotopic (exact) mass is 257 g/mol. The van der Waals surface area contributed by atoms with Crippen molar-refractivity contribution in [2.75, 3.05) is 52.9 Å². The molecule has 0 spiro atoms. The van der Waals surface area contributed by atoms with Crippen molar-refractivity contribution < 1.29 is 14.3 Å². The van der Waals surface area contributed by atoms with E-state index in [2.05, 4.69) is 9.64 Å². The predicted molar refractivity (Wildman–Crippen MR) is 68.3 cm³/mol.